The van der Waals surface area contributed by atoms with Crippen LogP contribution in [0, 0.1) is 17.2 Å². The van der Waals surface area contributed by atoms with E-state index in [1.165, 1.54) is 37.1 Å². The van der Waals surface area contributed by atoms with Gasteiger partial charge in [-0.1, -0.05) is 13.8 Å². The quantitative estimate of drug-likeness (QED) is 0.544. The number of carbonyl (C=O) groups excluding carboxylic acids is 2. The van der Waals surface area contributed by atoms with Gasteiger partial charge in [-0.3, -0.25) is 14.5 Å². The summed E-state index contributed by atoms with van der Waals surface area (Å²) in [6.45, 7) is 5.81. The zero-order valence-electron chi connectivity index (χ0n) is 18.0. The number of rotatable bonds is 10. The van der Waals surface area contributed by atoms with Gasteiger partial charge in [-0.15, -0.1) is 0 Å². The maximum Gasteiger partial charge on any atom is 0.251 e. The highest BCUT2D eigenvalue weighted by atomic mass is 19.1. The summed E-state index contributed by atoms with van der Waals surface area (Å²) in [4.78, 5) is 27.3. The van der Waals surface area contributed by atoms with E-state index in [4.69, 9.17) is 0 Å². The van der Waals surface area contributed by atoms with Crippen LogP contribution < -0.4 is 10.6 Å². The Labute approximate surface area is 178 Å². The molecule has 2 fully saturated rings. The van der Waals surface area contributed by atoms with Crippen molar-refractivity contribution in [2.24, 2.45) is 11.3 Å². The van der Waals surface area contributed by atoms with Gasteiger partial charge in [0.15, 0.2) is 0 Å². The lowest BCUT2D eigenvalue weighted by Gasteiger charge is -2.30. The molecule has 30 heavy (non-hydrogen) atoms. The number of carbonyl (C=O) groups is 2. The van der Waals surface area contributed by atoms with Crippen LogP contribution in [-0.4, -0.2) is 60.1 Å². The van der Waals surface area contributed by atoms with Crippen LogP contribution >= 0.6 is 0 Å². The van der Waals surface area contributed by atoms with Crippen LogP contribution in [0.15, 0.2) is 24.3 Å². The minimum atomic E-state index is -0.360. The van der Waals surface area contributed by atoms with Crippen LogP contribution in [0.3, 0.4) is 0 Å². The van der Waals surface area contributed by atoms with E-state index in [0.29, 0.717) is 31.0 Å². The molecule has 6 nitrogen and oxygen atoms in total. The number of nitrogens with zero attached hydrogens (tertiary/aromatic N) is 1. The summed E-state index contributed by atoms with van der Waals surface area (Å²) in [6.07, 6.45) is 4.78. The largest absolute Gasteiger partial charge is 0.396 e. The Bertz CT molecular complexity index is 734. The predicted molar refractivity (Wildman–Crippen MR) is 113 cm³/mol. The highest BCUT2D eigenvalue weighted by Crippen LogP contribution is 2.35. The van der Waals surface area contributed by atoms with Crippen LogP contribution in [0.25, 0.3) is 0 Å². The first-order valence-electron chi connectivity index (χ1n) is 10.9. The molecule has 2 aliphatic rings. The highest BCUT2D eigenvalue weighted by Gasteiger charge is 2.38. The Kier molecular flexibility index (Phi) is 7.47. The molecule has 1 aliphatic heterocycles. The first-order chi connectivity index (χ1) is 14.3. The second-order valence-electron chi connectivity index (χ2n) is 9.55. The molecule has 0 spiro atoms. The van der Waals surface area contributed by atoms with E-state index >= 15 is 0 Å². The van der Waals surface area contributed by atoms with Gasteiger partial charge >= 0.3 is 0 Å². The molecule has 0 radical (unpaired) electrons. The Balaban J connectivity index is 1.53. The monoisotopic (exact) mass is 419 g/mol. The Hall–Kier alpha value is -1.99. The van der Waals surface area contributed by atoms with E-state index in [2.05, 4.69) is 15.5 Å². The third-order valence-electron chi connectivity index (χ3n) is 6.15. The first kappa shape index (κ1) is 22.7. The van der Waals surface area contributed by atoms with Crippen molar-refractivity contribution in [1.82, 2.24) is 15.5 Å². The second-order valence-corrected chi connectivity index (χ2v) is 9.55. The van der Waals surface area contributed by atoms with E-state index < -0.39 is 0 Å². The summed E-state index contributed by atoms with van der Waals surface area (Å²) >= 11 is 0. The average Bonchev–Trinajstić information content (AvgIpc) is 3.47. The molecule has 2 atom stereocenters. The van der Waals surface area contributed by atoms with Crippen molar-refractivity contribution in [2.45, 2.75) is 58.0 Å². The maximum absolute atomic E-state index is 13.1. The number of hydrogen-bond acceptors (Lipinski definition) is 4. The Morgan fingerprint density at radius 3 is 2.40 bits per heavy atom. The molecule has 1 aliphatic carbocycles. The highest BCUT2D eigenvalue weighted by molar-refractivity contribution is 5.94. The lowest BCUT2D eigenvalue weighted by atomic mass is 9.95. The summed E-state index contributed by atoms with van der Waals surface area (Å²) in [5.74, 6) is 0.144. The van der Waals surface area contributed by atoms with Crippen molar-refractivity contribution in [1.29, 1.82) is 0 Å². The molecule has 1 aromatic carbocycles. The number of aliphatic hydroxyl groups excluding tert-OH is 1. The zero-order chi connectivity index (χ0) is 21.7. The lowest BCUT2D eigenvalue weighted by molar-refractivity contribution is -0.122. The smallest absolute Gasteiger partial charge is 0.251 e. The first-order valence-corrected chi connectivity index (χ1v) is 10.9. The molecule has 1 saturated heterocycles. The summed E-state index contributed by atoms with van der Waals surface area (Å²) in [5.41, 5.74) is 0.122. The van der Waals surface area contributed by atoms with Crippen LogP contribution in [0.1, 0.15) is 56.3 Å². The van der Waals surface area contributed by atoms with Gasteiger partial charge in [0.2, 0.25) is 5.91 Å². The number of hydrogen-bond donors (Lipinski definition) is 3. The van der Waals surface area contributed by atoms with Crippen molar-refractivity contribution in [3.05, 3.63) is 35.6 Å². The number of halogens is 1. The van der Waals surface area contributed by atoms with Crippen molar-refractivity contribution in [2.75, 3.05) is 26.2 Å². The van der Waals surface area contributed by atoms with Gasteiger partial charge in [-0.25, -0.2) is 4.39 Å². The third kappa shape index (κ3) is 6.51. The van der Waals surface area contributed by atoms with Crippen LogP contribution in [0.2, 0.25) is 0 Å². The molecular formula is C23H34FN3O3. The maximum atomic E-state index is 13.1. The van der Waals surface area contributed by atoms with Crippen molar-refractivity contribution < 1.29 is 19.1 Å². The molecule has 0 aromatic heterocycles. The van der Waals surface area contributed by atoms with E-state index in [1.807, 2.05) is 13.8 Å². The molecule has 1 heterocycles. The molecule has 1 saturated carbocycles. The van der Waals surface area contributed by atoms with Crippen molar-refractivity contribution in [3.8, 4) is 0 Å². The molecule has 1 aromatic rings. The fourth-order valence-electron chi connectivity index (χ4n) is 3.94. The molecule has 0 unspecified atom stereocenters. The van der Waals surface area contributed by atoms with Crippen LogP contribution in [0.4, 0.5) is 4.39 Å². The van der Waals surface area contributed by atoms with Gasteiger partial charge in [-0.05, 0) is 55.9 Å². The fraction of sp³-hybridized carbons (Fsp3) is 0.652. The van der Waals surface area contributed by atoms with Gasteiger partial charge in [0, 0.05) is 55.7 Å². The topological polar surface area (TPSA) is 81.7 Å². The van der Waals surface area contributed by atoms with E-state index in [-0.39, 0.29) is 41.7 Å². The van der Waals surface area contributed by atoms with Crippen molar-refractivity contribution in [3.63, 3.8) is 0 Å². The van der Waals surface area contributed by atoms with Crippen molar-refractivity contribution >= 4 is 11.8 Å². The molecular weight excluding hydrogens is 385 g/mol. The zero-order valence-corrected chi connectivity index (χ0v) is 18.0. The average molecular weight is 420 g/mol. The minimum absolute atomic E-state index is 0.0123. The standard InChI is InChI=1S/C23H34FN3O3/c1-23(2,15-28)14-26-21(29)11-19-9-10-20(27(19)13-16-3-4-16)12-25-22(30)17-5-7-18(24)8-6-17/h5-8,16,19-20,28H,3-4,9-15H2,1-2H3,(H,25,30)(H,26,29)/t19-,20+/m1/s1. The number of likely N-dealkylation sites (tertiary alicyclic amines) is 1. The Morgan fingerprint density at radius 1 is 1.10 bits per heavy atom. The van der Waals surface area contributed by atoms with E-state index in [1.54, 1.807) is 0 Å². The van der Waals surface area contributed by atoms with Crippen LogP contribution in [0.5, 0.6) is 0 Å². The summed E-state index contributed by atoms with van der Waals surface area (Å²) in [7, 11) is 0. The number of aliphatic hydroxyl groups is 1. The van der Waals surface area contributed by atoms with Crippen LogP contribution in [-0.2, 0) is 4.79 Å². The molecule has 2 amide bonds. The molecule has 166 valence electrons. The van der Waals surface area contributed by atoms with Gasteiger partial charge < -0.3 is 15.7 Å². The van der Waals surface area contributed by atoms with Gasteiger partial charge in [0.05, 0.1) is 0 Å². The summed E-state index contributed by atoms with van der Waals surface area (Å²) in [6, 6.07) is 5.94. The number of benzene rings is 1. The summed E-state index contributed by atoms with van der Waals surface area (Å²) in [5, 5.41) is 15.3. The van der Waals surface area contributed by atoms with Gasteiger partial charge in [0.1, 0.15) is 5.82 Å². The number of nitrogens with one attached hydrogen (secondary N) is 2. The van der Waals surface area contributed by atoms with E-state index in [9.17, 15) is 19.1 Å². The lowest BCUT2D eigenvalue weighted by Crippen LogP contribution is -2.46. The normalized spacial score (nSPS) is 22.1. The van der Waals surface area contributed by atoms with E-state index in [0.717, 1.165) is 19.4 Å². The number of amides is 2. The molecule has 3 N–H and O–H groups in total. The predicted octanol–water partition coefficient (Wildman–Crippen LogP) is 2.32. The fourth-order valence-corrected chi connectivity index (χ4v) is 3.94. The van der Waals surface area contributed by atoms with Gasteiger partial charge in [0.25, 0.3) is 5.91 Å². The Morgan fingerprint density at radius 2 is 1.77 bits per heavy atom. The van der Waals surface area contributed by atoms with Gasteiger partial charge in [-0.2, -0.15) is 0 Å². The second kappa shape index (κ2) is 9.88. The molecule has 3 rings (SSSR count). The summed E-state index contributed by atoms with van der Waals surface area (Å²) < 4.78 is 13.1. The third-order valence-corrected chi connectivity index (χ3v) is 6.15. The SMILES string of the molecule is CC(C)(CO)CNC(=O)C[C@H]1CC[C@@H](CNC(=O)c2ccc(F)cc2)N1CC1CC1. The molecule has 0 bridgehead atoms. The molecule has 7 heteroatoms. The minimum Gasteiger partial charge on any atom is -0.396 e.